The first-order valence-corrected chi connectivity index (χ1v) is 7.53. The van der Waals surface area contributed by atoms with E-state index in [0.29, 0.717) is 6.54 Å². The van der Waals surface area contributed by atoms with E-state index in [1.54, 1.807) is 0 Å². The third kappa shape index (κ3) is 3.59. The monoisotopic (exact) mass is 265 g/mol. The highest BCUT2D eigenvalue weighted by atomic mass is 16.3. The summed E-state index contributed by atoms with van der Waals surface area (Å²) in [7, 11) is 0. The quantitative estimate of drug-likeness (QED) is 0.853. The molecule has 0 aromatic carbocycles. The van der Waals surface area contributed by atoms with Crippen LogP contribution in [0.5, 0.6) is 0 Å². The molecule has 1 aromatic rings. The van der Waals surface area contributed by atoms with E-state index in [1.807, 2.05) is 0 Å². The van der Waals surface area contributed by atoms with Crippen LogP contribution < -0.4 is 5.73 Å². The Labute approximate surface area is 116 Å². The molecule has 1 aliphatic rings. The van der Waals surface area contributed by atoms with Crippen LogP contribution in [0.4, 0.5) is 0 Å². The molecule has 0 aliphatic carbocycles. The van der Waals surface area contributed by atoms with Gasteiger partial charge in [-0.15, -0.1) is 0 Å². The maximum atomic E-state index is 5.96. The van der Waals surface area contributed by atoms with Gasteiger partial charge in [0.05, 0.1) is 6.04 Å². The molecule has 19 heavy (non-hydrogen) atoms. The minimum absolute atomic E-state index is 0.240. The summed E-state index contributed by atoms with van der Waals surface area (Å²) in [5.41, 5.74) is 5.96. The lowest BCUT2D eigenvalue weighted by atomic mass is 10.1. The molecule has 4 nitrogen and oxygen atoms in total. The van der Waals surface area contributed by atoms with Gasteiger partial charge in [-0.25, -0.2) is 0 Å². The lowest BCUT2D eigenvalue weighted by Crippen LogP contribution is -2.49. The molecular formula is C15H27N3O. The summed E-state index contributed by atoms with van der Waals surface area (Å²) in [6.45, 7) is 10.7. The smallest absolute Gasteiger partial charge is 0.122 e. The molecule has 0 bridgehead atoms. The second-order valence-corrected chi connectivity index (χ2v) is 5.29. The largest absolute Gasteiger partial charge is 0.464 e. The van der Waals surface area contributed by atoms with Crippen LogP contribution in [0.2, 0.25) is 0 Å². The minimum atomic E-state index is 0.240. The first-order chi connectivity index (χ1) is 9.28. The Morgan fingerprint density at radius 2 is 1.95 bits per heavy atom. The summed E-state index contributed by atoms with van der Waals surface area (Å²) in [4.78, 5) is 4.99. The summed E-state index contributed by atoms with van der Waals surface area (Å²) in [6, 6.07) is 4.41. The van der Waals surface area contributed by atoms with Gasteiger partial charge < -0.3 is 15.1 Å². The van der Waals surface area contributed by atoms with Gasteiger partial charge in [-0.05, 0) is 25.1 Å². The molecule has 1 unspecified atom stereocenters. The number of nitrogens with two attached hydrogens (primary N) is 1. The van der Waals surface area contributed by atoms with Crippen molar-refractivity contribution in [2.75, 3.05) is 39.3 Å². The number of piperazine rings is 1. The highest BCUT2D eigenvalue weighted by Gasteiger charge is 2.25. The zero-order chi connectivity index (χ0) is 13.7. The van der Waals surface area contributed by atoms with Crippen LogP contribution in [0.1, 0.15) is 37.8 Å². The van der Waals surface area contributed by atoms with Crippen molar-refractivity contribution in [2.45, 2.75) is 32.7 Å². The van der Waals surface area contributed by atoms with Crippen molar-refractivity contribution in [1.29, 1.82) is 0 Å². The molecule has 1 aromatic heterocycles. The van der Waals surface area contributed by atoms with E-state index < -0.39 is 0 Å². The molecule has 1 aliphatic heterocycles. The molecule has 1 saturated heterocycles. The van der Waals surface area contributed by atoms with Gasteiger partial charge in [0.1, 0.15) is 11.5 Å². The predicted molar refractivity (Wildman–Crippen MR) is 78.2 cm³/mol. The fourth-order valence-corrected chi connectivity index (χ4v) is 2.82. The van der Waals surface area contributed by atoms with E-state index >= 15 is 0 Å². The second-order valence-electron chi connectivity index (χ2n) is 5.29. The van der Waals surface area contributed by atoms with Crippen molar-refractivity contribution in [3.8, 4) is 0 Å². The Bertz CT molecular complexity index is 369. The lowest BCUT2D eigenvalue weighted by molar-refractivity contribution is 0.0891. The maximum Gasteiger partial charge on any atom is 0.122 e. The SMILES string of the molecule is CCCN1CCN(C(CN)c2ccc(CC)o2)CC1. The van der Waals surface area contributed by atoms with Crippen molar-refractivity contribution in [1.82, 2.24) is 9.80 Å². The average molecular weight is 265 g/mol. The van der Waals surface area contributed by atoms with Crippen LogP contribution in [0.3, 0.4) is 0 Å². The molecule has 0 spiro atoms. The van der Waals surface area contributed by atoms with E-state index in [-0.39, 0.29) is 6.04 Å². The minimum Gasteiger partial charge on any atom is -0.464 e. The highest BCUT2D eigenvalue weighted by molar-refractivity contribution is 5.11. The molecule has 4 heteroatoms. The van der Waals surface area contributed by atoms with E-state index in [9.17, 15) is 0 Å². The van der Waals surface area contributed by atoms with Gasteiger partial charge in [0, 0.05) is 39.1 Å². The van der Waals surface area contributed by atoms with E-state index in [0.717, 1.165) is 44.1 Å². The molecule has 108 valence electrons. The van der Waals surface area contributed by atoms with Gasteiger partial charge in [0.25, 0.3) is 0 Å². The first-order valence-electron chi connectivity index (χ1n) is 7.53. The van der Waals surface area contributed by atoms with Crippen LogP contribution in [0.15, 0.2) is 16.5 Å². The number of furan rings is 1. The summed E-state index contributed by atoms with van der Waals surface area (Å²) in [5.74, 6) is 2.08. The van der Waals surface area contributed by atoms with Crippen LogP contribution in [0.25, 0.3) is 0 Å². The van der Waals surface area contributed by atoms with E-state index in [1.165, 1.54) is 13.0 Å². The van der Waals surface area contributed by atoms with Gasteiger partial charge in [0.15, 0.2) is 0 Å². The average Bonchev–Trinajstić information content (AvgIpc) is 2.91. The van der Waals surface area contributed by atoms with Crippen LogP contribution >= 0.6 is 0 Å². The van der Waals surface area contributed by atoms with Gasteiger partial charge >= 0.3 is 0 Å². The van der Waals surface area contributed by atoms with Crippen LogP contribution in [0, 0.1) is 0 Å². The number of hydrogen-bond donors (Lipinski definition) is 1. The third-order valence-electron chi connectivity index (χ3n) is 3.97. The third-order valence-corrected chi connectivity index (χ3v) is 3.97. The number of hydrogen-bond acceptors (Lipinski definition) is 4. The Morgan fingerprint density at radius 1 is 1.21 bits per heavy atom. The maximum absolute atomic E-state index is 5.96. The van der Waals surface area contributed by atoms with Gasteiger partial charge in [0.2, 0.25) is 0 Å². The Kier molecular flexibility index (Phi) is 5.43. The van der Waals surface area contributed by atoms with Crippen molar-refractivity contribution >= 4 is 0 Å². The molecule has 0 amide bonds. The fraction of sp³-hybridized carbons (Fsp3) is 0.733. The topological polar surface area (TPSA) is 45.6 Å². The van der Waals surface area contributed by atoms with Crippen molar-refractivity contribution in [3.63, 3.8) is 0 Å². The summed E-state index contributed by atoms with van der Waals surface area (Å²) >= 11 is 0. The predicted octanol–water partition coefficient (Wildman–Crippen LogP) is 1.87. The summed E-state index contributed by atoms with van der Waals surface area (Å²) < 4.78 is 5.88. The van der Waals surface area contributed by atoms with Crippen molar-refractivity contribution < 1.29 is 4.42 Å². The Morgan fingerprint density at radius 3 is 2.47 bits per heavy atom. The van der Waals surface area contributed by atoms with Gasteiger partial charge in [-0.1, -0.05) is 13.8 Å². The summed E-state index contributed by atoms with van der Waals surface area (Å²) in [5, 5.41) is 0. The first kappa shape index (κ1) is 14.6. The van der Waals surface area contributed by atoms with Crippen LogP contribution in [-0.4, -0.2) is 49.1 Å². The molecule has 1 atom stereocenters. The fourth-order valence-electron chi connectivity index (χ4n) is 2.82. The van der Waals surface area contributed by atoms with E-state index in [2.05, 4.69) is 35.8 Å². The molecule has 2 rings (SSSR count). The lowest BCUT2D eigenvalue weighted by Gasteiger charge is -2.38. The van der Waals surface area contributed by atoms with Crippen molar-refractivity contribution in [2.24, 2.45) is 5.73 Å². The van der Waals surface area contributed by atoms with Crippen LogP contribution in [-0.2, 0) is 6.42 Å². The normalized spacial score (nSPS) is 19.7. The molecule has 1 fully saturated rings. The zero-order valence-corrected chi connectivity index (χ0v) is 12.3. The highest BCUT2D eigenvalue weighted by Crippen LogP contribution is 2.23. The molecule has 0 saturated carbocycles. The molecule has 0 radical (unpaired) electrons. The molecular weight excluding hydrogens is 238 g/mol. The van der Waals surface area contributed by atoms with Gasteiger partial charge in [-0.3, -0.25) is 4.90 Å². The van der Waals surface area contributed by atoms with Gasteiger partial charge in [-0.2, -0.15) is 0 Å². The Balaban J connectivity index is 1.95. The Hall–Kier alpha value is -0.840. The molecule has 2 N–H and O–H groups in total. The second kappa shape index (κ2) is 7.08. The van der Waals surface area contributed by atoms with Crippen molar-refractivity contribution in [3.05, 3.63) is 23.7 Å². The standard InChI is InChI=1S/C15H27N3O/c1-3-7-17-8-10-18(11-9-17)14(12-16)15-6-5-13(4-2)19-15/h5-6,14H,3-4,7-12,16H2,1-2H3. The molecule has 2 heterocycles. The number of nitrogens with zero attached hydrogens (tertiary/aromatic N) is 2. The number of aryl methyl sites for hydroxylation is 1. The zero-order valence-electron chi connectivity index (χ0n) is 12.3. The summed E-state index contributed by atoms with van der Waals surface area (Å²) in [6.07, 6.45) is 2.18. The van der Waals surface area contributed by atoms with E-state index in [4.69, 9.17) is 10.2 Å². The number of rotatable bonds is 6.